The highest BCUT2D eigenvalue weighted by molar-refractivity contribution is 5.00. The third-order valence-corrected chi connectivity index (χ3v) is 2.29. The Kier molecular flexibility index (Phi) is 4.05. The molecule has 0 spiro atoms. The lowest BCUT2D eigenvalue weighted by atomic mass is 10.0. The fourth-order valence-electron chi connectivity index (χ4n) is 1.61. The summed E-state index contributed by atoms with van der Waals surface area (Å²) in [4.78, 5) is 20.9. The fourth-order valence-corrected chi connectivity index (χ4v) is 1.61. The average Bonchev–Trinajstić information content (AvgIpc) is 2.55. The predicted octanol–water partition coefficient (Wildman–Crippen LogP) is -0.764. The van der Waals surface area contributed by atoms with E-state index in [2.05, 4.69) is 15.7 Å². The van der Waals surface area contributed by atoms with Crippen molar-refractivity contribution in [2.24, 2.45) is 10.4 Å². The van der Waals surface area contributed by atoms with Crippen molar-refractivity contribution in [3.05, 3.63) is 9.81 Å². The van der Waals surface area contributed by atoms with E-state index in [0.29, 0.717) is 6.54 Å². The molecule has 14 heavy (non-hydrogen) atoms. The van der Waals surface area contributed by atoms with Crippen LogP contribution in [-0.2, 0) is 4.74 Å². The molecule has 1 aliphatic rings. The zero-order valence-electron chi connectivity index (χ0n) is 7.79. The van der Waals surface area contributed by atoms with Crippen molar-refractivity contribution in [1.29, 1.82) is 0 Å². The zero-order chi connectivity index (χ0) is 10.6. The molecule has 80 valence electrons. The van der Waals surface area contributed by atoms with E-state index in [1.165, 1.54) is 0 Å². The molecule has 0 aliphatic carbocycles. The third kappa shape index (κ3) is 1.94. The Morgan fingerprint density at radius 1 is 1.29 bits per heavy atom. The van der Waals surface area contributed by atoms with Crippen molar-refractivity contribution in [1.82, 2.24) is 5.32 Å². The van der Waals surface area contributed by atoms with E-state index < -0.39 is 24.3 Å². The summed E-state index contributed by atoms with van der Waals surface area (Å²) in [5, 5.41) is 17.3. The van der Waals surface area contributed by atoms with Crippen LogP contribution in [0.5, 0.6) is 0 Å². The monoisotopic (exact) mass is 203 g/mol. The SMILES string of the molecule is CNCC1OC(CO)C(N=O)C1N=O. The van der Waals surface area contributed by atoms with Gasteiger partial charge in [0.25, 0.3) is 0 Å². The van der Waals surface area contributed by atoms with Crippen LogP contribution >= 0.6 is 0 Å². The number of nitrogens with zero attached hydrogens (tertiary/aromatic N) is 2. The number of hydrogen-bond donors (Lipinski definition) is 2. The molecule has 0 amide bonds. The van der Waals surface area contributed by atoms with Crippen molar-refractivity contribution < 1.29 is 9.84 Å². The minimum Gasteiger partial charge on any atom is -0.394 e. The van der Waals surface area contributed by atoms with Gasteiger partial charge in [0.1, 0.15) is 18.2 Å². The molecule has 0 saturated carbocycles. The first-order valence-electron chi connectivity index (χ1n) is 4.34. The van der Waals surface area contributed by atoms with Crippen molar-refractivity contribution in [2.75, 3.05) is 20.2 Å². The van der Waals surface area contributed by atoms with Crippen molar-refractivity contribution in [3.8, 4) is 0 Å². The van der Waals surface area contributed by atoms with E-state index in [9.17, 15) is 9.81 Å². The molecule has 1 rings (SSSR count). The lowest BCUT2D eigenvalue weighted by Crippen LogP contribution is -2.34. The standard InChI is InChI=1S/C7H13N3O4/c1-8-2-4-6(9-12)7(10-13)5(3-11)14-4/h4-8,11H,2-3H2,1H3. The van der Waals surface area contributed by atoms with Gasteiger partial charge < -0.3 is 15.2 Å². The van der Waals surface area contributed by atoms with Gasteiger partial charge in [0.05, 0.1) is 12.7 Å². The summed E-state index contributed by atoms with van der Waals surface area (Å²) in [5.41, 5.74) is 0. The maximum atomic E-state index is 10.5. The van der Waals surface area contributed by atoms with Gasteiger partial charge in [0, 0.05) is 6.54 Å². The molecular weight excluding hydrogens is 190 g/mol. The Hall–Kier alpha value is -0.920. The summed E-state index contributed by atoms with van der Waals surface area (Å²) in [5.74, 6) is 0. The number of likely N-dealkylation sites (N-methyl/N-ethyl adjacent to an activating group) is 1. The van der Waals surface area contributed by atoms with Crippen LogP contribution < -0.4 is 5.32 Å². The Bertz CT molecular complexity index is 213. The largest absolute Gasteiger partial charge is 0.394 e. The summed E-state index contributed by atoms with van der Waals surface area (Å²) in [6.45, 7) is 0.0710. The molecule has 0 aromatic carbocycles. The molecular formula is C7H13N3O4. The zero-order valence-corrected chi connectivity index (χ0v) is 7.79. The number of hydrogen-bond acceptors (Lipinski definition) is 7. The van der Waals surface area contributed by atoms with Crippen LogP contribution in [0.2, 0.25) is 0 Å². The first kappa shape index (κ1) is 11.2. The minimum atomic E-state index is -0.879. The Labute approximate surface area is 80.8 Å². The fraction of sp³-hybridized carbons (Fsp3) is 1.00. The van der Waals surface area contributed by atoms with Crippen LogP contribution in [0.25, 0.3) is 0 Å². The number of nitrogens with one attached hydrogen (secondary N) is 1. The van der Waals surface area contributed by atoms with Crippen LogP contribution in [0, 0.1) is 9.81 Å². The van der Waals surface area contributed by atoms with Crippen LogP contribution in [0.15, 0.2) is 10.4 Å². The molecule has 7 heteroatoms. The van der Waals surface area contributed by atoms with Gasteiger partial charge in [-0.2, -0.15) is 9.81 Å². The summed E-state index contributed by atoms with van der Waals surface area (Å²) in [7, 11) is 1.70. The predicted molar refractivity (Wildman–Crippen MR) is 48.8 cm³/mol. The summed E-state index contributed by atoms with van der Waals surface area (Å²) >= 11 is 0. The smallest absolute Gasteiger partial charge is 0.149 e. The number of aliphatic hydroxyl groups is 1. The van der Waals surface area contributed by atoms with E-state index >= 15 is 0 Å². The summed E-state index contributed by atoms with van der Waals surface area (Å²) in [6.07, 6.45) is -1.20. The number of ether oxygens (including phenoxy) is 1. The molecule has 1 heterocycles. The van der Waals surface area contributed by atoms with Crippen LogP contribution in [0.4, 0.5) is 0 Å². The highest BCUT2D eigenvalue weighted by atomic mass is 16.5. The van der Waals surface area contributed by atoms with Gasteiger partial charge in [-0.1, -0.05) is 10.4 Å². The topological polar surface area (TPSA) is 100 Å². The highest BCUT2D eigenvalue weighted by Gasteiger charge is 2.46. The van der Waals surface area contributed by atoms with Crippen molar-refractivity contribution in [3.63, 3.8) is 0 Å². The quantitative estimate of drug-likeness (QED) is 0.572. The van der Waals surface area contributed by atoms with Gasteiger partial charge in [-0.3, -0.25) is 0 Å². The van der Waals surface area contributed by atoms with Gasteiger partial charge in [0.15, 0.2) is 0 Å². The number of nitroso groups, excluding NO2 is 2. The van der Waals surface area contributed by atoms with Crippen LogP contribution in [0.3, 0.4) is 0 Å². The minimum absolute atomic E-state index is 0.331. The van der Waals surface area contributed by atoms with E-state index in [-0.39, 0.29) is 6.61 Å². The lowest BCUT2D eigenvalue weighted by molar-refractivity contribution is 0.00779. The molecule has 1 aliphatic heterocycles. The second kappa shape index (κ2) is 5.08. The van der Waals surface area contributed by atoms with Gasteiger partial charge in [-0.15, -0.1) is 0 Å². The molecule has 0 aromatic rings. The second-order valence-electron chi connectivity index (χ2n) is 3.15. The first-order valence-corrected chi connectivity index (χ1v) is 4.34. The van der Waals surface area contributed by atoms with E-state index in [0.717, 1.165) is 0 Å². The Balaban J connectivity index is 2.72. The van der Waals surface area contributed by atoms with E-state index in [4.69, 9.17) is 9.84 Å². The highest BCUT2D eigenvalue weighted by Crippen LogP contribution is 2.25. The Morgan fingerprint density at radius 2 is 1.86 bits per heavy atom. The molecule has 2 N–H and O–H groups in total. The van der Waals surface area contributed by atoms with Gasteiger partial charge in [-0.05, 0) is 7.05 Å². The second-order valence-corrected chi connectivity index (χ2v) is 3.15. The van der Waals surface area contributed by atoms with E-state index in [1.54, 1.807) is 7.05 Å². The molecule has 1 saturated heterocycles. The summed E-state index contributed by atoms with van der Waals surface area (Å²) < 4.78 is 5.26. The molecule has 0 bridgehead atoms. The Morgan fingerprint density at radius 3 is 2.29 bits per heavy atom. The molecule has 7 nitrogen and oxygen atoms in total. The molecule has 4 unspecified atom stereocenters. The lowest BCUT2D eigenvalue weighted by Gasteiger charge is -2.11. The first-order chi connectivity index (χ1) is 6.78. The van der Waals surface area contributed by atoms with Gasteiger partial charge in [0.2, 0.25) is 0 Å². The molecule has 0 radical (unpaired) electrons. The maximum Gasteiger partial charge on any atom is 0.149 e. The van der Waals surface area contributed by atoms with Crippen LogP contribution in [-0.4, -0.2) is 49.6 Å². The van der Waals surface area contributed by atoms with E-state index in [1.807, 2.05) is 0 Å². The number of rotatable bonds is 5. The number of aliphatic hydroxyl groups excluding tert-OH is 1. The maximum absolute atomic E-state index is 10.5. The van der Waals surface area contributed by atoms with Gasteiger partial charge in [-0.25, -0.2) is 0 Å². The van der Waals surface area contributed by atoms with Crippen LogP contribution in [0.1, 0.15) is 0 Å². The molecule has 4 atom stereocenters. The molecule has 0 aromatic heterocycles. The van der Waals surface area contributed by atoms with Crippen molar-refractivity contribution in [2.45, 2.75) is 24.3 Å². The van der Waals surface area contributed by atoms with Gasteiger partial charge >= 0.3 is 0 Å². The summed E-state index contributed by atoms with van der Waals surface area (Å²) in [6, 6.07) is -1.69. The van der Waals surface area contributed by atoms with Crippen molar-refractivity contribution >= 4 is 0 Å². The average molecular weight is 203 g/mol. The third-order valence-electron chi connectivity index (χ3n) is 2.29. The normalized spacial score (nSPS) is 37.0. The molecule has 1 fully saturated rings.